The van der Waals surface area contributed by atoms with E-state index in [2.05, 4.69) is 63.1 Å². The maximum atomic E-state index is 12.1. The predicted octanol–water partition coefficient (Wildman–Crippen LogP) is 3.55. The third-order valence-corrected chi connectivity index (χ3v) is 9.15. The maximum Gasteiger partial charge on any atom is 0.211 e. The third kappa shape index (κ3) is 4.33. The number of sulfonamides is 1. The van der Waals surface area contributed by atoms with E-state index in [1.807, 2.05) is 6.92 Å². The van der Waals surface area contributed by atoms with E-state index in [1.54, 1.807) is 6.92 Å². The second kappa shape index (κ2) is 8.47. The van der Waals surface area contributed by atoms with Crippen molar-refractivity contribution < 1.29 is 8.42 Å². The summed E-state index contributed by atoms with van der Waals surface area (Å²) in [5.41, 5.74) is 5.23. The molecule has 0 radical (unpaired) electrons. The van der Waals surface area contributed by atoms with Crippen LogP contribution in [0.2, 0.25) is 0 Å². The molecule has 32 heavy (non-hydrogen) atoms. The number of benzene rings is 2. The zero-order chi connectivity index (χ0) is 22.3. The fourth-order valence-electron chi connectivity index (χ4n) is 5.78. The van der Waals surface area contributed by atoms with Crippen molar-refractivity contribution in [3.8, 4) is 0 Å². The van der Waals surface area contributed by atoms with Crippen LogP contribution < -0.4 is 9.62 Å². The van der Waals surface area contributed by atoms with Gasteiger partial charge in [-0.25, -0.2) is 13.1 Å². The molecule has 2 atom stereocenters. The molecule has 2 aliphatic heterocycles. The molecule has 0 amide bonds. The average molecular weight is 454 g/mol. The van der Waals surface area contributed by atoms with Gasteiger partial charge in [0.1, 0.15) is 0 Å². The van der Waals surface area contributed by atoms with E-state index in [9.17, 15) is 8.42 Å². The number of rotatable bonds is 7. The first-order chi connectivity index (χ1) is 15.4. The molecule has 6 heteroatoms. The van der Waals surface area contributed by atoms with Gasteiger partial charge in [-0.05, 0) is 81.4 Å². The predicted molar refractivity (Wildman–Crippen MR) is 131 cm³/mol. The highest BCUT2D eigenvalue weighted by atomic mass is 32.2. The van der Waals surface area contributed by atoms with Crippen LogP contribution in [0.1, 0.15) is 49.3 Å². The maximum absolute atomic E-state index is 12.1. The highest BCUT2D eigenvalue weighted by Crippen LogP contribution is 2.41. The molecule has 2 saturated heterocycles. The molecule has 0 aromatic heterocycles. The zero-order valence-corrected chi connectivity index (χ0v) is 20.1. The van der Waals surface area contributed by atoms with Crippen molar-refractivity contribution in [2.45, 2.75) is 57.0 Å². The van der Waals surface area contributed by atoms with Crippen molar-refractivity contribution in [1.29, 1.82) is 0 Å². The van der Waals surface area contributed by atoms with Crippen LogP contribution in [-0.4, -0.2) is 56.8 Å². The lowest BCUT2D eigenvalue weighted by atomic mass is 9.74. The quantitative estimate of drug-likeness (QED) is 0.697. The van der Waals surface area contributed by atoms with Crippen LogP contribution in [0.15, 0.2) is 48.5 Å². The van der Waals surface area contributed by atoms with E-state index < -0.39 is 10.0 Å². The van der Waals surface area contributed by atoms with Crippen molar-refractivity contribution in [3.05, 3.63) is 65.2 Å². The van der Waals surface area contributed by atoms with E-state index in [0.29, 0.717) is 25.0 Å². The molecule has 1 N–H and O–H groups in total. The monoisotopic (exact) mass is 453 g/mol. The minimum absolute atomic E-state index is 0.125. The van der Waals surface area contributed by atoms with Crippen LogP contribution >= 0.6 is 0 Å². The molecule has 0 bridgehead atoms. The summed E-state index contributed by atoms with van der Waals surface area (Å²) in [7, 11) is -3.20. The van der Waals surface area contributed by atoms with Gasteiger partial charge in [0, 0.05) is 30.7 Å². The van der Waals surface area contributed by atoms with E-state index in [-0.39, 0.29) is 11.3 Å². The number of nitrogens with zero attached hydrogens (tertiary/aromatic N) is 2. The number of hydrogen-bond acceptors (Lipinski definition) is 4. The molecule has 2 heterocycles. The minimum Gasteiger partial charge on any atom is -0.368 e. The van der Waals surface area contributed by atoms with Crippen LogP contribution in [0.4, 0.5) is 5.69 Å². The molecule has 0 saturated carbocycles. The highest BCUT2D eigenvalue weighted by molar-refractivity contribution is 7.89. The van der Waals surface area contributed by atoms with E-state index in [1.165, 1.54) is 48.3 Å². The van der Waals surface area contributed by atoms with Gasteiger partial charge in [-0.2, -0.15) is 0 Å². The molecule has 5 rings (SSSR count). The molecule has 2 aromatic rings. The second-order valence-electron chi connectivity index (χ2n) is 10.1. The van der Waals surface area contributed by atoms with E-state index in [4.69, 9.17) is 0 Å². The summed E-state index contributed by atoms with van der Waals surface area (Å²) >= 11 is 0. The van der Waals surface area contributed by atoms with Gasteiger partial charge < -0.3 is 4.90 Å². The Morgan fingerprint density at radius 2 is 1.84 bits per heavy atom. The van der Waals surface area contributed by atoms with Crippen LogP contribution in [0.3, 0.4) is 0 Å². The fourth-order valence-corrected chi connectivity index (χ4v) is 6.80. The van der Waals surface area contributed by atoms with Crippen LogP contribution in [0.5, 0.6) is 0 Å². The van der Waals surface area contributed by atoms with Gasteiger partial charge in [-0.1, -0.05) is 36.4 Å². The lowest BCUT2D eigenvalue weighted by molar-refractivity contribution is 0.0877. The summed E-state index contributed by atoms with van der Waals surface area (Å²) in [6, 6.07) is 18.5. The molecule has 2 fully saturated rings. The zero-order valence-electron chi connectivity index (χ0n) is 19.3. The van der Waals surface area contributed by atoms with Gasteiger partial charge in [0.05, 0.1) is 11.3 Å². The van der Waals surface area contributed by atoms with Gasteiger partial charge in [-0.15, -0.1) is 0 Å². The molecule has 5 nitrogen and oxygen atoms in total. The first-order valence-corrected chi connectivity index (χ1v) is 13.7. The Hall–Kier alpha value is -1.89. The summed E-state index contributed by atoms with van der Waals surface area (Å²) in [5.74, 6) is 0.633. The first-order valence-electron chi connectivity index (χ1n) is 12.0. The minimum atomic E-state index is -3.20. The van der Waals surface area contributed by atoms with E-state index >= 15 is 0 Å². The Labute approximate surface area is 192 Å². The lowest BCUT2D eigenvalue weighted by Crippen LogP contribution is -2.68. The molecule has 172 valence electrons. The van der Waals surface area contributed by atoms with Crippen molar-refractivity contribution in [3.63, 3.8) is 0 Å². The largest absolute Gasteiger partial charge is 0.368 e. The smallest absolute Gasteiger partial charge is 0.211 e. The van der Waals surface area contributed by atoms with Gasteiger partial charge in [0.2, 0.25) is 10.0 Å². The molecule has 0 unspecified atom stereocenters. The van der Waals surface area contributed by atoms with Gasteiger partial charge in [0.25, 0.3) is 0 Å². The molecule has 1 aliphatic carbocycles. The van der Waals surface area contributed by atoms with Crippen molar-refractivity contribution >= 4 is 15.7 Å². The molecular formula is C26H35N3O2S. The van der Waals surface area contributed by atoms with Gasteiger partial charge in [-0.3, -0.25) is 4.90 Å². The fraction of sp³-hybridized carbons (Fsp3) is 0.538. The Kier molecular flexibility index (Phi) is 5.81. The average Bonchev–Trinajstić information content (AvgIpc) is 2.72. The SMILES string of the molecule is CCS(=O)(=O)NC1(C)CN(c2ccc3c(c2)[C@@H](Cc2ccccc2)[C@@H](N2CCC2)CC3)C1. The molecular weight excluding hydrogens is 418 g/mol. The Balaban J connectivity index is 1.39. The Bertz CT molecular complexity index is 1060. The van der Waals surface area contributed by atoms with Crippen molar-refractivity contribution in [2.24, 2.45) is 0 Å². The number of hydrogen-bond donors (Lipinski definition) is 1. The molecule has 3 aliphatic rings. The van der Waals surface area contributed by atoms with Crippen molar-refractivity contribution in [1.82, 2.24) is 9.62 Å². The normalized spacial score (nSPS) is 25.0. The summed E-state index contributed by atoms with van der Waals surface area (Å²) < 4.78 is 27.0. The second-order valence-corrected chi connectivity index (χ2v) is 12.1. The first kappa shape index (κ1) is 21.9. The number of anilines is 1. The topological polar surface area (TPSA) is 52.7 Å². The van der Waals surface area contributed by atoms with Crippen LogP contribution in [0.25, 0.3) is 0 Å². The van der Waals surface area contributed by atoms with Gasteiger partial charge >= 0.3 is 0 Å². The summed E-state index contributed by atoms with van der Waals surface area (Å²) in [6.45, 7) is 7.58. The third-order valence-electron chi connectivity index (χ3n) is 7.59. The number of likely N-dealkylation sites (tertiary alicyclic amines) is 1. The van der Waals surface area contributed by atoms with Gasteiger partial charge in [0.15, 0.2) is 0 Å². The lowest BCUT2D eigenvalue weighted by Gasteiger charge is -2.50. The van der Waals surface area contributed by atoms with E-state index in [0.717, 1.165) is 12.8 Å². The van der Waals surface area contributed by atoms with Crippen LogP contribution in [0, 0.1) is 0 Å². The number of nitrogens with one attached hydrogen (secondary N) is 1. The summed E-state index contributed by atoms with van der Waals surface area (Å²) in [4.78, 5) is 4.99. The standard InChI is InChI=1S/C26H35N3O2S/c1-3-32(30,31)27-26(2)18-29(19-26)22-12-10-21-11-13-25(28-14-7-15-28)24(23(21)17-22)16-20-8-5-4-6-9-20/h4-6,8-10,12,17,24-25,27H,3,7,11,13-16,18-19H2,1-2H3/t24-,25+/m1/s1. The Morgan fingerprint density at radius 3 is 2.50 bits per heavy atom. The molecule has 2 aromatic carbocycles. The summed E-state index contributed by atoms with van der Waals surface area (Å²) in [6.07, 6.45) is 4.79. The number of aryl methyl sites for hydroxylation is 1. The van der Waals surface area contributed by atoms with Crippen molar-refractivity contribution in [2.75, 3.05) is 36.8 Å². The van der Waals surface area contributed by atoms with Crippen LogP contribution in [-0.2, 0) is 22.9 Å². The highest BCUT2D eigenvalue weighted by Gasteiger charge is 2.42. The number of fused-ring (bicyclic) bond motifs is 1. The molecule has 0 spiro atoms. The summed E-state index contributed by atoms with van der Waals surface area (Å²) in [5, 5.41) is 0. The Morgan fingerprint density at radius 1 is 1.09 bits per heavy atom.